The SMILES string of the molecule is Cc1ccc2c(CC(=O)N3CCNCC3)coc2c1C.Cl. The van der Waals surface area contributed by atoms with Gasteiger partial charge < -0.3 is 14.6 Å². The van der Waals surface area contributed by atoms with Crippen molar-refractivity contribution < 1.29 is 9.21 Å². The number of nitrogens with zero attached hydrogens (tertiary/aromatic N) is 1. The van der Waals surface area contributed by atoms with Crippen LogP contribution in [0.3, 0.4) is 0 Å². The summed E-state index contributed by atoms with van der Waals surface area (Å²) in [7, 11) is 0. The molecule has 1 amide bonds. The van der Waals surface area contributed by atoms with Gasteiger partial charge in [-0.2, -0.15) is 0 Å². The summed E-state index contributed by atoms with van der Waals surface area (Å²) >= 11 is 0. The molecule has 0 saturated carbocycles. The van der Waals surface area contributed by atoms with Gasteiger partial charge in [-0.05, 0) is 25.0 Å². The lowest BCUT2D eigenvalue weighted by molar-refractivity contribution is -0.131. The minimum Gasteiger partial charge on any atom is -0.464 e. The Morgan fingerprint density at radius 2 is 2.00 bits per heavy atom. The van der Waals surface area contributed by atoms with Crippen molar-refractivity contribution >= 4 is 29.3 Å². The van der Waals surface area contributed by atoms with Gasteiger partial charge in [0.25, 0.3) is 0 Å². The van der Waals surface area contributed by atoms with Crippen LogP contribution in [-0.2, 0) is 11.2 Å². The van der Waals surface area contributed by atoms with Crippen LogP contribution < -0.4 is 5.32 Å². The molecule has 114 valence electrons. The number of fused-ring (bicyclic) bond motifs is 1. The van der Waals surface area contributed by atoms with Crippen LogP contribution in [0.4, 0.5) is 0 Å². The third-order valence-corrected chi connectivity index (χ3v) is 4.15. The van der Waals surface area contributed by atoms with Gasteiger partial charge in [-0.15, -0.1) is 12.4 Å². The summed E-state index contributed by atoms with van der Waals surface area (Å²) in [6.45, 7) is 7.50. The molecule has 1 aromatic heterocycles. The van der Waals surface area contributed by atoms with Crippen molar-refractivity contribution in [2.24, 2.45) is 0 Å². The van der Waals surface area contributed by atoms with Crippen LogP contribution >= 0.6 is 12.4 Å². The monoisotopic (exact) mass is 308 g/mol. The van der Waals surface area contributed by atoms with Crippen LogP contribution in [0.1, 0.15) is 16.7 Å². The van der Waals surface area contributed by atoms with Crippen molar-refractivity contribution in [2.75, 3.05) is 26.2 Å². The van der Waals surface area contributed by atoms with Gasteiger partial charge in [0.1, 0.15) is 5.58 Å². The summed E-state index contributed by atoms with van der Waals surface area (Å²) in [5.74, 6) is 0.187. The molecule has 0 bridgehead atoms. The van der Waals surface area contributed by atoms with Crippen molar-refractivity contribution in [1.82, 2.24) is 10.2 Å². The van der Waals surface area contributed by atoms with Gasteiger partial charge in [0, 0.05) is 37.1 Å². The first-order chi connectivity index (χ1) is 9.66. The third kappa shape index (κ3) is 3.06. The van der Waals surface area contributed by atoms with E-state index < -0.39 is 0 Å². The van der Waals surface area contributed by atoms with E-state index in [1.54, 1.807) is 6.26 Å². The maximum Gasteiger partial charge on any atom is 0.227 e. The first-order valence-corrected chi connectivity index (χ1v) is 7.11. The highest BCUT2D eigenvalue weighted by molar-refractivity contribution is 5.89. The largest absolute Gasteiger partial charge is 0.464 e. The summed E-state index contributed by atoms with van der Waals surface area (Å²) in [5.41, 5.74) is 4.27. The van der Waals surface area contributed by atoms with E-state index in [0.29, 0.717) is 6.42 Å². The molecule has 5 heteroatoms. The molecular weight excluding hydrogens is 288 g/mol. The zero-order valence-electron chi connectivity index (χ0n) is 12.4. The predicted molar refractivity (Wildman–Crippen MR) is 86.1 cm³/mol. The molecule has 0 spiro atoms. The van der Waals surface area contributed by atoms with Crippen LogP contribution in [0.25, 0.3) is 11.0 Å². The number of nitrogens with one attached hydrogen (secondary N) is 1. The van der Waals surface area contributed by atoms with E-state index in [1.165, 1.54) is 5.56 Å². The Kier molecular flexibility index (Phi) is 4.91. The van der Waals surface area contributed by atoms with E-state index >= 15 is 0 Å². The molecular formula is C16H21ClN2O2. The van der Waals surface area contributed by atoms with Gasteiger partial charge >= 0.3 is 0 Å². The number of aryl methyl sites for hydroxylation is 2. The number of benzene rings is 1. The van der Waals surface area contributed by atoms with Crippen molar-refractivity contribution in [3.05, 3.63) is 35.1 Å². The highest BCUT2D eigenvalue weighted by atomic mass is 35.5. The molecule has 1 aromatic carbocycles. The summed E-state index contributed by atoms with van der Waals surface area (Å²) in [4.78, 5) is 14.2. The zero-order valence-corrected chi connectivity index (χ0v) is 13.3. The molecule has 2 aromatic rings. The van der Waals surface area contributed by atoms with Crippen molar-refractivity contribution in [1.29, 1.82) is 0 Å². The summed E-state index contributed by atoms with van der Waals surface area (Å²) in [6, 6.07) is 4.15. The first kappa shape index (κ1) is 15.9. The molecule has 1 aliphatic rings. The van der Waals surface area contributed by atoms with Crippen molar-refractivity contribution in [2.45, 2.75) is 20.3 Å². The van der Waals surface area contributed by atoms with Gasteiger partial charge in [-0.1, -0.05) is 12.1 Å². The van der Waals surface area contributed by atoms with Crippen molar-refractivity contribution in [3.8, 4) is 0 Å². The number of halogens is 1. The highest BCUT2D eigenvalue weighted by Gasteiger charge is 2.19. The Hall–Kier alpha value is -1.52. The second-order valence-electron chi connectivity index (χ2n) is 5.45. The molecule has 0 radical (unpaired) electrons. The molecule has 21 heavy (non-hydrogen) atoms. The fourth-order valence-corrected chi connectivity index (χ4v) is 2.71. The molecule has 0 aliphatic carbocycles. The Balaban J connectivity index is 0.00000161. The lowest BCUT2D eigenvalue weighted by atomic mass is 10.0. The average Bonchev–Trinajstić information content (AvgIpc) is 2.87. The Labute approximate surface area is 130 Å². The van der Waals surface area contributed by atoms with E-state index in [0.717, 1.165) is 48.3 Å². The quantitative estimate of drug-likeness (QED) is 0.927. The second-order valence-corrected chi connectivity index (χ2v) is 5.45. The maximum absolute atomic E-state index is 12.3. The van der Waals surface area contributed by atoms with Crippen LogP contribution in [0.5, 0.6) is 0 Å². The molecule has 1 saturated heterocycles. The predicted octanol–water partition coefficient (Wildman–Crippen LogP) is 2.45. The van der Waals surface area contributed by atoms with Gasteiger partial charge in [0.05, 0.1) is 12.7 Å². The number of carbonyl (C=O) groups excluding carboxylic acids is 1. The molecule has 1 N–H and O–H groups in total. The zero-order chi connectivity index (χ0) is 14.1. The number of carbonyl (C=O) groups is 1. The highest BCUT2D eigenvalue weighted by Crippen LogP contribution is 2.27. The minimum atomic E-state index is 0. The van der Waals surface area contributed by atoms with Crippen LogP contribution in [0.2, 0.25) is 0 Å². The number of hydrogen-bond acceptors (Lipinski definition) is 3. The summed E-state index contributed by atoms with van der Waals surface area (Å²) in [6.07, 6.45) is 2.16. The minimum absolute atomic E-state index is 0. The number of amides is 1. The van der Waals surface area contributed by atoms with E-state index in [2.05, 4.69) is 31.3 Å². The van der Waals surface area contributed by atoms with Crippen LogP contribution in [0, 0.1) is 13.8 Å². The second kappa shape index (κ2) is 6.50. The fourth-order valence-electron chi connectivity index (χ4n) is 2.71. The maximum atomic E-state index is 12.3. The lowest BCUT2D eigenvalue weighted by Crippen LogP contribution is -2.46. The Morgan fingerprint density at radius 3 is 2.71 bits per heavy atom. The summed E-state index contributed by atoms with van der Waals surface area (Å²) in [5, 5.41) is 4.33. The molecule has 1 aliphatic heterocycles. The lowest BCUT2D eigenvalue weighted by Gasteiger charge is -2.27. The topological polar surface area (TPSA) is 45.5 Å². The normalized spacial score (nSPS) is 15.0. The molecule has 4 nitrogen and oxygen atoms in total. The van der Waals surface area contributed by atoms with E-state index in [-0.39, 0.29) is 18.3 Å². The smallest absolute Gasteiger partial charge is 0.227 e. The molecule has 2 heterocycles. The number of rotatable bonds is 2. The number of piperazine rings is 1. The van der Waals surface area contributed by atoms with Crippen LogP contribution in [-0.4, -0.2) is 37.0 Å². The van der Waals surface area contributed by atoms with E-state index in [1.807, 2.05) is 4.90 Å². The van der Waals surface area contributed by atoms with Gasteiger partial charge in [0.2, 0.25) is 5.91 Å². The molecule has 0 unspecified atom stereocenters. The van der Waals surface area contributed by atoms with Crippen molar-refractivity contribution in [3.63, 3.8) is 0 Å². The van der Waals surface area contributed by atoms with E-state index in [4.69, 9.17) is 4.42 Å². The standard InChI is InChI=1S/C16H20N2O2.ClH/c1-11-3-4-14-13(10-20-16(14)12(11)2)9-15(19)18-7-5-17-6-8-18;/h3-4,10,17H,5-9H2,1-2H3;1H. The number of hydrogen-bond donors (Lipinski definition) is 1. The van der Waals surface area contributed by atoms with Gasteiger partial charge in [0.15, 0.2) is 0 Å². The van der Waals surface area contributed by atoms with Gasteiger partial charge in [-0.25, -0.2) is 0 Å². The van der Waals surface area contributed by atoms with Crippen LogP contribution in [0.15, 0.2) is 22.8 Å². The summed E-state index contributed by atoms with van der Waals surface area (Å²) < 4.78 is 5.67. The Morgan fingerprint density at radius 1 is 1.29 bits per heavy atom. The molecule has 0 atom stereocenters. The first-order valence-electron chi connectivity index (χ1n) is 7.11. The van der Waals surface area contributed by atoms with Gasteiger partial charge in [-0.3, -0.25) is 4.79 Å². The average molecular weight is 309 g/mol. The number of furan rings is 1. The molecule has 1 fully saturated rings. The Bertz CT molecular complexity index is 645. The third-order valence-electron chi connectivity index (χ3n) is 4.15. The van der Waals surface area contributed by atoms with E-state index in [9.17, 15) is 4.79 Å². The fraction of sp³-hybridized carbons (Fsp3) is 0.438. The molecule has 3 rings (SSSR count).